The van der Waals surface area contributed by atoms with Gasteiger partial charge in [0.1, 0.15) is 0 Å². The fourth-order valence-electron chi connectivity index (χ4n) is 1.97. The average Bonchev–Trinajstić information content (AvgIpc) is 2.94. The van der Waals surface area contributed by atoms with E-state index >= 15 is 0 Å². The standard InChI is InChI=1S/C15H8N2O5S4/c18-15-25-13(23-11-7-3-1-5-9(11)16(19)20)14(26-15)24-12-8-4-2-6-10(12)17(21)22/h1-8H. The smallest absolute Gasteiger partial charge is 0.265 e. The number of hydrogen-bond donors (Lipinski definition) is 0. The lowest BCUT2D eigenvalue weighted by Crippen LogP contribution is -1.90. The van der Waals surface area contributed by atoms with E-state index in [1.54, 1.807) is 36.4 Å². The van der Waals surface area contributed by atoms with Crippen LogP contribution < -0.4 is 4.06 Å². The van der Waals surface area contributed by atoms with Gasteiger partial charge in [0.25, 0.3) is 15.4 Å². The average molecular weight is 425 g/mol. The normalized spacial score (nSPS) is 10.6. The highest BCUT2D eigenvalue weighted by molar-refractivity contribution is 8.05. The van der Waals surface area contributed by atoms with Crippen LogP contribution >= 0.6 is 46.2 Å². The van der Waals surface area contributed by atoms with Gasteiger partial charge in [0, 0.05) is 12.1 Å². The van der Waals surface area contributed by atoms with E-state index in [1.807, 2.05) is 0 Å². The van der Waals surface area contributed by atoms with Crippen molar-refractivity contribution in [3.05, 3.63) is 77.6 Å². The van der Waals surface area contributed by atoms with Crippen LogP contribution in [0.25, 0.3) is 0 Å². The van der Waals surface area contributed by atoms with Crippen molar-refractivity contribution in [3.63, 3.8) is 0 Å². The third-order valence-corrected chi connectivity index (χ3v) is 8.09. The first-order valence-electron chi connectivity index (χ1n) is 6.92. The van der Waals surface area contributed by atoms with Gasteiger partial charge in [-0.25, -0.2) is 0 Å². The third-order valence-electron chi connectivity index (χ3n) is 3.05. The van der Waals surface area contributed by atoms with Gasteiger partial charge in [0.05, 0.1) is 28.1 Å². The summed E-state index contributed by atoms with van der Waals surface area (Å²) in [5.74, 6) is 0. The first-order valence-corrected chi connectivity index (χ1v) is 10.2. The highest BCUT2D eigenvalue weighted by atomic mass is 32.2. The van der Waals surface area contributed by atoms with Gasteiger partial charge in [0.2, 0.25) is 0 Å². The molecule has 132 valence electrons. The van der Waals surface area contributed by atoms with Gasteiger partial charge >= 0.3 is 0 Å². The van der Waals surface area contributed by atoms with Crippen LogP contribution in [0.1, 0.15) is 0 Å². The molecule has 0 unspecified atom stereocenters. The predicted octanol–water partition coefficient (Wildman–Crippen LogP) is 5.29. The molecule has 3 aromatic rings. The Bertz CT molecular complexity index is 966. The summed E-state index contributed by atoms with van der Waals surface area (Å²) in [6.45, 7) is 0. The topological polar surface area (TPSA) is 103 Å². The van der Waals surface area contributed by atoms with Crippen LogP contribution in [0.4, 0.5) is 11.4 Å². The molecule has 0 bridgehead atoms. The van der Waals surface area contributed by atoms with Gasteiger partial charge in [-0.05, 0) is 12.1 Å². The Kier molecular flexibility index (Phi) is 5.71. The van der Waals surface area contributed by atoms with Crippen LogP contribution in [0.5, 0.6) is 0 Å². The maximum atomic E-state index is 11.9. The Balaban J connectivity index is 1.97. The molecule has 0 spiro atoms. The van der Waals surface area contributed by atoms with Gasteiger partial charge in [-0.1, -0.05) is 70.5 Å². The Labute approximate surface area is 163 Å². The van der Waals surface area contributed by atoms with Gasteiger partial charge in [0.15, 0.2) is 0 Å². The summed E-state index contributed by atoms with van der Waals surface area (Å²) in [4.78, 5) is 34.1. The Morgan fingerprint density at radius 3 is 1.50 bits per heavy atom. The van der Waals surface area contributed by atoms with E-state index in [9.17, 15) is 25.0 Å². The summed E-state index contributed by atoms with van der Waals surface area (Å²) >= 11 is 4.19. The predicted molar refractivity (Wildman–Crippen MR) is 103 cm³/mol. The van der Waals surface area contributed by atoms with E-state index in [4.69, 9.17) is 0 Å². The number of para-hydroxylation sites is 2. The van der Waals surface area contributed by atoms with Crippen LogP contribution in [0, 0.1) is 20.2 Å². The lowest BCUT2D eigenvalue weighted by Gasteiger charge is -2.04. The van der Waals surface area contributed by atoms with Crippen molar-refractivity contribution in [3.8, 4) is 0 Å². The molecule has 3 rings (SSSR count). The van der Waals surface area contributed by atoms with E-state index in [2.05, 4.69) is 0 Å². The van der Waals surface area contributed by atoms with Crippen molar-refractivity contribution in [2.75, 3.05) is 0 Å². The summed E-state index contributed by atoms with van der Waals surface area (Å²) in [7, 11) is 0. The van der Waals surface area contributed by atoms with Crippen molar-refractivity contribution in [2.45, 2.75) is 18.2 Å². The quantitative estimate of drug-likeness (QED) is 0.391. The molecular weight excluding hydrogens is 416 g/mol. The third kappa shape index (κ3) is 4.12. The highest BCUT2D eigenvalue weighted by Crippen LogP contribution is 2.46. The highest BCUT2D eigenvalue weighted by Gasteiger charge is 2.21. The van der Waals surface area contributed by atoms with Gasteiger partial charge in [-0.3, -0.25) is 25.0 Å². The summed E-state index contributed by atoms with van der Waals surface area (Å²) < 4.78 is 0.988. The van der Waals surface area contributed by atoms with Crippen LogP contribution in [0.2, 0.25) is 0 Å². The molecule has 0 amide bonds. The molecule has 0 saturated carbocycles. The largest absolute Gasteiger partial charge is 0.289 e. The molecule has 1 heterocycles. The Hall–Kier alpha value is -2.21. The number of nitro benzene ring substituents is 2. The second kappa shape index (κ2) is 7.99. The Morgan fingerprint density at radius 1 is 0.731 bits per heavy atom. The molecule has 0 aliphatic rings. The molecule has 0 radical (unpaired) electrons. The van der Waals surface area contributed by atoms with Crippen molar-refractivity contribution in [1.29, 1.82) is 0 Å². The summed E-state index contributed by atoms with van der Waals surface area (Å²) in [5.41, 5.74) is -0.102. The molecule has 0 saturated heterocycles. The van der Waals surface area contributed by atoms with Gasteiger partial charge in [-0.15, -0.1) is 0 Å². The maximum Gasteiger partial charge on any atom is 0.289 e. The van der Waals surface area contributed by atoms with E-state index in [-0.39, 0.29) is 15.4 Å². The van der Waals surface area contributed by atoms with Crippen molar-refractivity contribution < 1.29 is 9.85 Å². The number of benzene rings is 2. The van der Waals surface area contributed by atoms with Crippen LogP contribution in [-0.2, 0) is 0 Å². The minimum Gasteiger partial charge on any atom is -0.265 e. The van der Waals surface area contributed by atoms with Gasteiger partial charge < -0.3 is 0 Å². The van der Waals surface area contributed by atoms with E-state index in [0.29, 0.717) is 18.2 Å². The van der Waals surface area contributed by atoms with E-state index < -0.39 is 9.85 Å². The minimum absolute atomic E-state index is 0.0509. The summed E-state index contributed by atoms with van der Waals surface area (Å²) in [6.07, 6.45) is 0. The van der Waals surface area contributed by atoms with E-state index in [0.717, 1.165) is 46.2 Å². The molecule has 0 atom stereocenters. The fourth-order valence-corrected chi connectivity index (χ4v) is 7.10. The molecule has 26 heavy (non-hydrogen) atoms. The number of rotatable bonds is 6. The molecule has 7 nitrogen and oxygen atoms in total. The molecular formula is C15H8N2O5S4. The second-order valence-corrected chi connectivity index (χ2v) is 9.53. The SMILES string of the molecule is O=c1sc(Sc2ccccc2[N+](=O)[O-])c(Sc2ccccc2[N+](=O)[O-])s1. The lowest BCUT2D eigenvalue weighted by molar-refractivity contribution is -0.387. The van der Waals surface area contributed by atoms with Crippen molar-refractivity contribution in [1.82, 2.24) is 0 Å². The fraction of sp³-hybridized carbons (Fsp3) is 0. The van der Waals surface area contributed by atoms with Crippen LogP contribution in [0.15, 0.2) is 71.5 Å². The number of nitro groups is 2. The van der Waals surface area contributed by atoms with Crippen LogP contribution in [0.3, 0.4) is 0 Å². The second-order valence-electron chi connectivity index (χ2n) is 4.68. The number of hydrogen-bond acceptors (Lipinski definition) is 9. The monoisotopic (exact) mass is 424 g/mol. The first-order chi connectivity index (χ1) is 12.5. The first kappa shape index (κ1) is 18.6. The molecule has 0 N–H and O–H groups in total. The van der Waals surface area contributed by atoms with Crippen molar-refractivity contribution >= 4 is 57.6 Å². The van der Waals surface area contributed by atoms with Crippen LogP contribution in [-0.4, -0.2) is 9.85 Å². The zero-order valence-electron chi connectivity index (χ0n) is 12.7. The molecule has 1 aromatic heterocycles. The lowest BCUT2D eigenvalue weighted by atomic mass is 10.3. The number of nitrogens with zero attached hydrogens (tertiary/aromatic N) is 2. The summed E-state index contributed by atoms with van der Waals surface area (Å²) in [6, 6.07) is 12.5. The maximum absolute atomic E-state index is 11.9. The van der Waals surface area contributed by atoms with Gasteiger partial charge in [-0.2, -0.15) is 0 Å². The molecule has 0 aliphatic carbocycles. The molecule has 2 aromatic carbocycles. The van der Waals surface area contributed by atoms with Crippen molar-refractivity contribution in [2.24, 2.45) is 0 Å². The molecule has 0 fully saturated rings. The zero-order valence-corrected chi connectivity index (χ0v) is 16.0. The molecule has 0 aliphatic heterocycles. The molecule has 11 heteroatoms. The Morgan fingerprint density at radius 2 is 1.12 bits per heavy atom. The van der Waals surface area contributed by atoms with E-state index in [1.165, 1.54) is 12.1 Å². The minimum atomic E-state index is -0.480. The summed E-state index contributed by atoms with van der Waals surface area (Å²) in [5, 5.41) is 22.3. The zero-order chi connectivity index (χ0) is 18.7.